The standard InChI is InChI=1S/C15H18N4O/c1-3-19(6-7-20)14-4-5-15(12(2)8-14)18-11-13(9-16)10-17/h4-5,8,11,18,20H,3,6-7H2,1-2H3. The van der Waals surface area contributed by atoms with Gasteiger partial charge in [0.1, 0.15) is 17.7 Å². The zero-order chi connectivity index (χ0) is 15.0. The number of nitrogens with zero attached hydrogens (tertiary/aromatic N) is 3. The number of allylic oxidation sites excluding steroid dienone is 1. The Morgan fingerprint density at radius 3 is 2.60 bits per heavy atom. The summed E-state index contributed by atoms with van der Waals surface area (Å²) in [6, 6.07) is 9.45. The van der Waals surface area contributed by atoms with Crippen LogP contribution in [-0.2, 0) is 0 Å². The van der Waals surface area contributed by atoms with E-state index < -0.39 is 0 Å². The highest BCUT2D eigenvalue weighted by molar-refractivity contribution is 5.62. The molecule has 0 amide bonds. The largest absolute Gasteiger partial charge is 0.395 e. The monoisotopic (exact) mass is 270 g/mol. The molecule has 0 bridgehead atoms. The third-order valence-electron chi connectivity index (χ3n) is 2.94. The van der Waals surface area contributed by atoms with Crippen LogP contribution in [0, 0.1) is 29.6 Å². The van der Waals surface area contributed by atoms with Gasteiger partial charge in [0, 0.05) is 30.7 Å². The normalized spacial score (nSPS) is 9.25. The van der Waals surface area contributed by atoms with Crippen molar-refractivity contribution in [1.82, 2.24) is 0 Å². The Labute approximate surface area is 119 Å². The third kappa shape index (κ3) is 4.01. The molecule has 0 aliphatic rings. The van der Waals surface area contributed by atoms with E-state index in [1.54, 1.807) is 12.1 Å². The van der Waals surface area contributed by atoms with E-state index >= 15 is 0 Å². The number of nitriles is 2. The quantitative estimate of drug-likeness (QED) is 0.774. The van der Waals surface area contributed by atoms with E-state index in [4.69, 9.17) is 15.6 Å². The number of aliphatic hydroxyl groups is 1. The summed E-state index contributed by atoms with van der Waals surface area (Å²) in [5.74, 6) is 0. The van der Waals surface area contributed by atoms with E-state index in [1.807, 2.05) is 32.0 Å². The van der Waals surface area contributed by atoms with Gasteiger partial charge >= 0.3 is 0 Å². The minimum absolute atomic E-state index is 0.0314. The average molecular weight is 270 g/mol. The van der Waals surface area contributed by atoms with Gasteiger partial charge in [-0.15, -0.1) is 0 Å². The molecule has 20 heavy (non-hydrogen) atoms. The molecule has 5 heteroatoms. The van der Waals surface area contributed by atoms with Gasteiger partial charge in [-0.25, -0.2) is 0 Å². The fourth-order valence-electron chi connectivity index (χ4n) is 1.84. The van der Waals surface area contributed by atoms with Crippen molar-refractivity contribution in [2.24, 2.45) is 0 Å². The second kappa shape index (κ2) is 7.83. The molecular weight excluding hydrogens is 252 g/mol. The second-order valence-electron chi connectivity index (χ2n) is 4.23. The molecule has 0 saturated heterocycles. The van der Waals surface area contributed by atoms with Crippen molar-refractivity contribution < 1.29 is 5.11 Å². The first-order valence-electron chi connectivity index (χ1n) is 6.39. The number of anilines is 2. The molecule has 0 atom stereocenters. The van der Waals surface area contributed by atoms with Gasteiger partial charge in [0.15, 0.2) is 0 Å². The van der Waals surface area contributed by atoms with Crippen LogP contribution in [0.25, 0.3) is 0 Å². The van der Waals surface area contributed by atoms with Crippen molar-refractivity contribution in [3.05, 3.63) is 35.5 Å². The van der Waals surface area contributed by atoms with Crippen LogP contribution < -0.4 is 10.2 Å². The molecule has 0 unspecified atom stereocenters. The molecule has 1 rings (SSSR count). The lowest BCUT2D eigenvalue weighted by atomic mass is 10.1. The minimum atomic E-state index is 0.0314. The van der Waals surface area contributed by atoms with Crippen molar-refractivity contribution in [2.45, 2.75) is 13.8 Å². The lowest BCUT2D eigenvalue weighted by Gasteiger charge is -2.23. The third-order valence-corrected chi connectivity index (χ3v) is 2.94. The second-order valence-corrected chi connectivity index (χ2v) is 4.23. The SMILES string of the molecule is CCN(CCO)c1ccc(NC=C(C#N)C#N)c(C)c1. The van der Waals surface area contributed by atoms with Crippen LogP contribution in [0.1, 0.15) is 12.5 Å². The van der Waals surface area contributed by atoms with E-state index in [-0.39, 0.29) is 12.2 Å². The molecule has 1 aromatic carbocycles. The minimum Gasteiger partial charge on any atom is -0.395 e. The molecule has 0 radical (unpaired) electrons. The van der Waals surface area contributed by atoms with E-state index in [1.165, 1.54) is 6.20 Å². The summed E-state index contributed by atoms with van der Waals surface area (Å²) in [6.07, 6.45) is 1.40. The zero-order valence-electron chi connectivity index (χ0n) is 11.7. The number of hydrogen-bond acceptors (Lipinski definition) is 5. The number of likely N-dealkylation sites (N-methyl/N-ethyl adjacent to an activating group) is 1. The van der Waals surface area contributed by atoms with Gasteiger partial charge in [-0.2, -0.15) is 10.5 Å². The lowest BCUT2D eigenvalue weighted by Crippen LogP contribution is -2.26. The Bertz CT molecular complexity index is 550. The van der Waals surface area contributed by atoms with E-state index in [9.17, 15) is 0 Å². The summed E-state index contributed by atoms with van der Waals surface area (Å²) in [7, 11) is 0. The maximum Gasteiger partial charge on any atom is 0.145 e. The summed E-state index contributed by atoms with van der Waals surface area (Å²) in [5, 5.41) is 29.3. The van der Waals surface area contributed by atoms with Gasteiger partial charge in [0.2, 0.25) is 0 Å². The summed E-state index contributed by atoms with van der Waals surface area (Å²) in [5.41, 5.74) is 2.92. The summed E-state index contributed by atoms with van der Waals surface area (Å²) < 4.78 is 0. The molecule has 0 aliphatic heterocycles. The Hall–Kier alpha value is -2.50. The van der Waals surface area contributed by atoms with Gasteiger partial charge < -0.3 is 15.3 Å². The van der Waals surface area contributed by atoms with Crippen molar-refractivity contribution in [3.8, 4) is 12.1 Å². The first-order valence-corrected chi connectivity index (χ1v) is 6.39. The smallest absolute Gasteiger partial charge is 0.145 e. The van der Waals surface area contributed by atoms with Crippen molar-refractivity contribution >= 4 is 11.4 Å². The van der Waals surface area contributed by atoms with Gasteiger partial charge in [-0.05, 0) is 37.6 Å². The van der Waals surface area contributed by atoms with Crippen LogP contribution in [0.4, 0.5) is 11.4 Å². The Morgan fingerprint density at radius 1 is 1.40 bits per heavy atom. The molecule has 0 aliphatic carbocycles. The summed E-state index contributed by atoms with van der Waals surface area (Å²) in [4.78, 5) is 2.07. The number of aryl methyl sites for hydroxylation is 1. The average Bonchev–Trinajstić information content (AvgIpc) is 2.47. The molecule has 0 saturated carbocycles. The maximum absolute atomic E-state index is 9.03. The van der Waals surface area contributed by atoms with E-state index in [0.29, 0.717) is 6.54 Å². The lowest BCUT2D eigenvalue weighted by molar-refractivity contribution is 0.302. The Kier molecular flexibility index (Phi) is 6.09. The van der Waals surface area contributed by atoms with Crippen LogP contribution in [-0.4, -0.2) is 24.8 Å². The fraction of sp³-hybridized carbons (Fsp3) is 0.333. The van der Waals surface area contributed by atoms with Crippen LogP contribution in [0.3, 0.4) is 0 Å². The number of benzene rings is 1. The predicted octanol–water partition coefficient (Wildman–Crippen LogP) is 2.16. The van der Waals surface area contributed by atoms with Gasteiger partial charge in [0.25, 0.3) is 0 Å². The molecule has 0 spiro atoms. The summed E-state index contributed by atoms with van der Waals surface area (Å²) in [6.45, 7) is 5.51. The van der Waals surface area contributed by atoms with Crippen molar-refractivity contribution in [3.63, 3.8) is 0 Å². The van der Waals surface area contributed by atoms with Gasteiger partial charge in [-0.1, -0.05) is 0 Å². The number of aliphatic hydroxyl groups excluding tert-OH is 1. The molecule has 0 heterocycles. The fourth-order valence-corrected chi connectivity index (χ4v) is 1.84. The zero-order valence-corrected chi connectivity index (χ0v) is 11.7. The molecule has 5 nitrogen and oxygen atoms in total. The van der Waals surface area contributed by atoms with Crippen LogP contribution >= 0.6 is 0 Å². The highest BCUT2D eigenvalue weighted by Crippen LogP contribution is 2.22. The highest BCUT2D eigenvalue weighted by Gasteiger charge is 2.05. The molecule has 1 aromatic rings. The number of nitrogens with one attached hydrogen (secondary N) is 1. The molecule has 0 fully saturated rings. The van der Waals surface area contributed by atoms with Gasteiger partial charge in [-0.3, -0.25) is 0 Å². The van der Waals surface area contributed by atoms with E-state index in [0.717, 1.165) is 23.5 Å². The molecular formula is C15H18N4O. The highest BCUT2D eigenvalue weighted by atomic mass is 16.3. The van der Waals surface area contributed by atoms with Crippen LogP contribution in [0.5, 0.6) is 0 Å². The molecule has 0 aromatic heterocycles. The first kappa shape index (κ1) is 15.6. The maximum atomic E-state index is 9.03. The van der Waals surface area contributed by atoms with Crippen LogP contribution in [0.2, 0.25) is 0 Å². The van der Waals surface area contributed by atoms with E-state index in [2.05, 4.69) is 10.2 Å². The molecule has 2 N–H and O–H groups in total. The van der Waals surface area contributed by atoms with Gasteiger partial charge in [0.05, 0.1) is 6.61 Å². The Morgan fingerprint density at radius 2 is 2.10 bits per heavy atom. The summed E-state index contributed by atoms with van der Waals surface area (Å²) >= 11 is 0. The number of rotatable bonds is 6. The van der Waals surface area contributed by atoms with Crippen LogP contribution in [0.15, 0.2) is 30.0 Å². The number of hydrogen-bond donors (Lipinski definition) is 2. The topological polar surface area (TPSA) is 83.1 Å². The predicted molar refractivity (Wildman–Crippen MR) is 79.1 cm³/mol. The van der Waals surface area contributed by atoms with Crippen molar-refractivity contribution in [2.75, 3.05) is 29.9 Å². The first-order chi connectivity index (χ1) is 9.65. The Balaban J connectivity index is 2.92. The molecule has 104 valence electrons. The van der Waals surface area contributed by atoms with Crippen molar-refractivity contribution in [1.29, 1.82) is 10.5 Å².